The minimum absolute atomic E-state index is 0.899. The Morgan fingerprint density at radius 2 is 1.09 bits per heavy atom. The van der Waals surface area contributed by atoms with Gasteiger partial charge in [-0.1, -0.05) is 54.6 Å². The van der Waals surface area contributed by atoms with Crippen molar-refractivity contribution in [2.75, 3.05) is 0 Å². The molecule has 0 radical (unpaired) electrons. The van der Waals surface area contributed by atoms with Crippen LogP contribution in [0.4, 0.5) is 11.4 Å². The summed E-state index contributed by atoms with van der Waals surface area (Å²) >= 11 is 0. The highest BCUT2D eigenvalue weighted by atomic mass is 16.6. The van der Waals surface area contributed by atoms with E-state index < -0.39 is 6.69 Å². The number of hydrogen-bond donors (Lipinski definition) is 1. The SMILES string of the molecule is c1ccc([B-]23Oc4ccccc4[NH+]2c2ccccc2O3)cc1. The van der Waals surface area contributed by atoms with Gasteiger partial charge in [-0.05, 0) is 29.7 Å². The zero-order chi connectivity index (χ0) is 14.6. The van der Waals surface area contributed by atoms with Crippen molar-refractivity contribution >= 4 is 23.5 Å². The van der Waals surface area contributed by atoms with Gasteiger partial charge in [-0.15, -0.1) is 0 Å². The highest BCUT2D eigenvalue weighted by molar-refractivity contribution is 6.77. The molecule has 106 valence electrons. The average Bonchev–Trinajstić information content (AvgIpc) is 3.07. The number of nitrogens with one attached hydrogen (secondary N) is 1. The molecule has 3 nitrogen and oxygen atoms in total. The van der Waals surface area contributed by atoms with Gasteiger partial charge >= 0.3 is 6.69 Å². The molecule has 0 bridgehead atoms. The summed E-state index contributed by atoms with van der Waals surface area (Å²) in [6, 6.07) is 26.6. The summed E-state index contributed by atoms with van der Waals surface area (Å²) in [5, 5.41) is 0. The van der Waals surface area contributed by atoms with Crippen molar-refractivity contribution in [3.63, 3.8) is 0 Å². The molecule has 2 aliphatic rings. The lowest BCUT2D eigenvalue weighted by atomic mass is 9.63. The zero-order valence-corrected chi connectivity index (χ0v) is 11.9. The number of quaternary nitrogens is 1. The van der Waals surface area contributed by atoms with E-state index in [1.807, 2.05) is 54.6 Å². The van der Waals surface area contributed by atoms with Crippen molar-refractivity contribution in [1.29, 1.82) is 0 Å². The molecule has 3 aromatic carbocycles. The smallest absolute Gasteiger partial charge is 0.618 e. The van der Waals surface area contributed by atoms with E-state index in [1.54, 1.807) is 0 Å². The molecule has 0 saturated carbocycles. The quantitative estimate of drug-likeness (QED) is 0.693. The molecule has 0 fully saturated rings. The largest absolute Gasteiger partial charge is 0.622 e. The van der Waals surface area contributed by atoms with Crippen LogP contribution in [0.3, 0.4) is 0 Å². The molecule has 0 aromatic heterocycles. The van der Waals surface area contributed by atoms with Gasteiger partial charge in [0.05, 0.1) is 0 Å². The maximum Gasteiger partial charge on any atom is 0.618 e. The Kier molecular flexibility index (Phi) is 2.24. The molecule has 22 heavy (non-hydrogen) atoms. The van der Waals surface area contributed by atoms with Gasteiger partial charge in [0.25, 0.3) is 0 Å². The molecule has 2 heterocycles. The molecule has 3 aromatic rings. The van der Waals surface area contributed by atoms with Crippen LogP contribution in [0.5, 0.6) is 11.5 Å². The van der Waals surface area contributed by atoms with Crippen molar-refractivity contribution in [1.82, 2.24) is 0 Å². The van der Waals surface area contributed by atoms with Crippen LogP contribution in [0.15, 0.2) is 78.9 Å². The second-order valence-electron chi connectivity index (χ2n) is 5.76. The number of fused-ring (bicyclic) bond motifs is 5. The number of benzene rings is 3. The highest BCUT2D eigenvalue weighted by Crippen LogP contribution is 2.38. The van der Waals surface area contributed by atoms with E-state index in [2.05, 4.69) is 24.3 Å². The predicted octanol–water partition coefficient (Wildman–Crippen LogP) is 2.17. The third-order valence-electron chi connectivity index (χ3n) is 4.56. The van der Waals surface area contributed by atoms with E-state index in [0.717, 1.165) is 33.1 Å². The van der Waals surface area contributed by atoms with Crippen molar-refractivity contribution in [2.24, 2.45) is 0 Å². The molecule has 5 rings (SSSR count). The van der Waals surface area contributed by atoms with Crippen LogP contribution in [0, 0.1) is 0 Å². The van der Waals surface area contributed by atoms with Gasteiger partial charge in [-0.3, -0.25) is 0 Å². The van der Waals surface area contributed by atoms with Gasteiger partial charge in [0.15, 0.2) is 0 Å². The first kappa shape index (κ1) is 11.9. The van der Waals surface area contributed by atoms with E-state index in [9.17, 15) is 0 Å². The number of rotatable bonds is 1. The van der Waals surface area contributed by atoms with Crippen molar-refractivity contribution in [3.05, 3.63) is 78.9 Å². The summed E-state index contributed by atoms with van der Waals surface area (Å²) in [7, 11) is 0. The third-order valence-corrected chi connectivity index (χ3v) is 4.56. The normalized spacial score (nSPS) is 23.9. The molecule has 0 atom stereocenters. The van der Waals surface area contributed by atoms with Crippen LogP contribution in [0.2, 0.25) is 0 Å². The van der Waals surface area contributed by atoms with Gasteiger partial charge < -0.3 is 14.1 Å². The maximum atomic E-state index is 6.39. The fourth-order valence-corrected chi connectivity index (χ4v) is 3.65. The van der Waals surface area contributed by atoms with E-state index in [4.69, 9.17) is 9.31 Å². The third kappa shape index (κ3) is 1.40. The minimum atomic E-state index is -1.68. The van der Waals surface area contributed by atoms with Crippen LogP contribution in [0.25, 0.3) is 0 Å². The highest BCUT2D eigenvalue weighted by Gasteiger charge is 2.59. The summed E-state index contributed by atoms with van der Waals surface area (Å²) in [6.45, 7) is -1.68. The monoisotopic (exact) mass is 287 g/mol. The average molecular weight is 287 g/mol. The number of para-hydroxylation sites is 4. The van der Waals surface area contributed by atoms with Gasteiger partial charge in [0, 0.05) is 0 Å². The van der Waals surface area contributed by atoms with Crippen LogP contribution in [-0.2, 0) is 0 Å². The fraction of sp³-hybridized carbons (Fsp3) is 0. The lowest BCUT2D eigenvalue weighted by Gasteiger charge is -2.31. The second kappa shape index (κ2) is 4.15. The zero-order valence-electron chi connectivity index (χ0n) is 11.9. The van der Waals surface area contributed by atoms with Crippen molar-refractivity contribution in [3.8, 4) is 11.5 Å². The van der Waals surface area contributed by atoms with Crippen molar-refractivity contribution in [2.45, 2.75) is 0 Å². The Labute approximate surface area is 128 Å². The van der Waals surface area contributed by atoms with Crippen LogP contribution >= 0.6 is 0 Å². The lowest BCUT2D eigenvalue weighted by molar-refractivity contribution is -0.641. The first-order chi connectivity index (χ1) is 10.9. The van der Waals surface area contributed by atoms with E-state index in [1.165, 1.54) is 0 Å². The Hall–Kier alpha value is -2.72. The maximum absolute atomic E-state index is 6.39. The molecular formula is C18H14BNO2. The second-order valence-corrected chi connectivity index (χ2v) is 5.76. The topological polar surface area (TPSA) is 22.9 Å². The molecule has 0 aliphatic carbocycles. The molecule has 0 saturated heterocycles. The minimum Gasteiger partial charge on any atom is -0.622 e. The first-order valence-corrected chi connectivity index (χ1v) is 7.52. The first-order valence-electron chi connectivity index (χ1n) is 7.52. The Morgan fingerprint density at radius 3 is 1.68 bits per heavy atom. The van der Waals surface area contributed by atoms with Gasteiger partial charge in [-0.25, -0.2) is 0 Å². The molecule has 0 spiro atoms. The molecule has 0 amide bonds. The summed E-state index contributed by atoms with van der Waals surface area (Å²) in [4.78, 5) is 1.16. The summed E-state index contributed by atoms with van der Waals surface area (Å²) in [5.74, 6) is 1.80. The van der Waals surface area contributed by atoms with Gasteiger partial charge in [0.1, 0.15) is 22.9 Å². The molecule has 4 heteroatoms. The lowest BCUT2D eigenvalue weighted by Crippen LogP contribution is -3.16. The number of hydrogen-bond acceptors (Lipinski definition) is 2. The van der Waals surface area contributed by atoms with Crippen LogP contribution in [-0.4, -0.2) is 6.69 Å². The molecule has 1 N–H and O–H groups in total. The predicted molar refractivity (Wildman–Crippen MR) is 86.3 cm³/mol. The van der Waals surface area contributed by atoms with E-state index >= 15 is 0 Å². The van der Waals surface area contributed by atoms with Crippen molar-refractivity contribution < 1.29 is 14.1 Å². The molecular weight excluding hydrogens is 273 g/mol. The summed E-state index contributed by atoms with van der Waals surface area (Å²) < 4.78 is 12.8. The van der Waals surface area contributed by atoms with Crippen LogP contribution in [0.1, 0.15) is 0 Å². The van der Waals surface area contributed by atoms with Gasteiger partial charge in [0.2, 0.25) is 0 Å². The molecule has 0 unspecified atom stereocenters. The molecule has 2 aliphatic heterocycles. The Balaban J connectivity index is 1.80. The van der Waals surface area contributed by atoms with E-state index in [0.29, 0.717) is 0 Å². The Morgan fingerprint density at radius 1 is 0.591 bits per heavy atom. The van der Waals surface area contributed by atoms with Gasteiger partial charge in [-0.2, -0.15) is 0 Å². The van der Waals surface area contributed by atoms with E-state index in [-0.39, 0.29) is 0 Å². The fourth-order valence-electron chi connectivity index (χ4n) is 3.65. The van der Waals surface area contributed by atoms with Crippen LogP contribution < -0.4 is 19.6 Å². The standard InChI is InChI=1S/C18H14BNO2/c1-2-8-14(9-3-1)19-20(15-10-4-6-12-17(15)21-19)16-11-5-7-13-18(16)22-19/h1-13,20H. The summed E-state index contributed by atoms with van der Waals surface area (Å²) in [5.41, 5.74) is 3.34. The Bertz CT molecular complexity index is 816. The summed E-state index contributed by atoms with van der Waals surface area (Å²) in [6.07, 6.45) is 0.